The van der Waals surface area contributed by atoms with Crippen LogP contribution in [0.3, 0.4) is 0 Å². The predicted octanol–water partition coefficient (Wildman–Crippen LogP) is 2.25. The molecular weight excluding hydrogens is 224 g/mol. The van der Waals surface area contributed by atoms with Crippen LogP contribution in [0, 0.1) is 5.92 Å². The number of likely N-dealkylation sites (tertiary alicyclic amines) is 1. The molecule has 1 aromatic rings. The molecule has 2 N–H and O–H groups in total. The summed E-state index contributed by atoms with van der Waals surface area (Å²) in [7, 11) is 0. The number of nitrogens with zero attached hydrogens (tertiary/aromatic N) is 1. The first-order valence-electron chi connectivity index (χ1n) is 6.88. The minimum atomic E-state index is 0.314. The van der Waals surface area contributed by atoms with Gasteiger partial charge in [0.25, 0.3) is 0 Å². The second-order valence-electron chi connectivity index (χ2n) is 5.25. The summed E-state index contributed by atoms with van der Waals surface area (Å²) in [6.45, 7) is 8.10. The van der Waals surface area contributed by atoms with E-state index in [9.17, 15) is 0 Å². The maximum atomic E-state index is 6.13. The number of hydrogen-bond acceptors (Lipinski definition) is 3. The van der Waals surface area contributed by atoms with Gasteiger partial charge in [0.2, 0.25) is 0 Å². The summed E-state index contributed by atoms with van der Waals surface area (Å²) in [6, 6.07) is 8.68. The fourth-order valence-corrected chi connectivity index (χ4v) is 2.47. The van der Waals surface area contributed by atoms with E-state index in [1.165, 1.54) is 12.0 Å². The first-order valence-corrected chi connectivity index (χ1v) is 6.88. The van der Waals surface area contributed by atoms with Crippen molar-refractivity contribution in [2.45, 2.75) is 32.9 Å². The average Bonchev–Trinajstić information content (AvgIpc) is 2.35. The van der Waals surface area contributed by atoms with Crippen LogP contribution in [0.25, 0.3) is 0 Å². The van der Waals surface area contributed by atoms with Crippen LogP contribution in [0.5, 0.6) is 5.75 Å². The van der Waals surface area contributed by atoms with Gasteiger partial charge >= 0.3 is 0 Å². The van der Waals surface area contributed by atoms with E-state index in [0.717, 1.165) is 32.0 Å². The number of ether oxygens (including phenoxy) is 1. The second kappa shape index (κ2) is 6.21. The van der Waals surface area contributed by atoms with E-state index in [1.54, 1.807) is 0 Å². The van der Waals surface area contributed by atoms with Gasteiger partial charge in [-0.15, -0.1) is 0 Å². The van der Waals surface area contributed by atoms with Crippen molar-refractivity contribution in [1.82, 2.24) is 4.90 Å². The Morgan fingerprint density at radius 1 is 1.44 bits per heavy atom. The minimum absolute atomic E-state index is 0.314. The quantitative estimate of drug-likeness (QED) is 0.888. The Bertz CT molecular complexity index is 381. The lowest BCUT2D eigenvalue weighted by atomic mass is 9.94. The van der Waals surface area contributed by atoms with Gasteiger partial charge in [-0.2, -0.15) is 0 Å². The van der Waals surface area contributed by atoms with Crippen LogP contribution >= 0.6 is 0 Å². The summed E-state index contributed by atoms with van der Waals surface area (Å²) < 4.78 is 5.53. The van der Waals surface area contributed by atoms with Crippen molar-refractivity contribution in [3.63, 3.8) is 0 Å². The van der Waals surface area contributed by atoms with Crippen molar-refractivity contribution in [2.24, 2.45) is 11.7 Å². The molecule has 1 saturated heterocycles. The highest BCUT2D eigenvalue weighted by molar-refractivity contribution is 5.28. The summed E-state index contributed by atoms with van der Waals surface area (Å²) in [6.07, 6.45) is 1.20. The predicted molar refractivity (Wildman–Crippen MR) is 74.6 cm³/mol. The highest BCUT2D eigenvalue weighted by Gasteiger charge is 2.22. The van der Waals surface area contributed by atoms with Crippen molar-refractivity contribution >= 4 is 0 Å². The monoisotopic (exact) mass is 248 g/mol. The molecule has 0 bridgehead atoms. The van der Waals surface area contributed by atoms with Crippen molar-refractivity contribution in [1.29, 1.82) is 0 Å². The fourth-order valence-electron chi connectivity index (χ4n) is 2.47. The molecule has 100 valence electrons. The zero-order valence-corrected chi connectivity index (χ0v) is 11.4. The van der Waals surface area contributed by atoms with E-state index < -0.39 is 0 Å². The molecule has 0 amide bonds. The Kier molecular flexibility index (Phi) is 4.61. The van der Waals surface area contributed by atoms with E-state index in [0.29, 0.717) is 12.0 Å². The van der Waals surface area contributed by atoms with E-state index in [-0.39, 0.29) is 0 Å². The van der Waals surface area contributed by atoms with Gasteiger partial charge in [-0.05, 0) is 43.5 Å². The van der Waals surface area contributed by atoms with Gasteiger partial charge in [0.1, 0.15) is 5.75 Å². The van der Waals surface area contributed by atoms with Gasteiger partial charge < -0.3 is 10.5 Å². The Hall–Kier alpha value is -1.06. The molecule has 0 aliphatic carbocycles. The van der Waals surface area contributed by atoms with Crippen LogP contribution in [0.15, 0.2) is 24.3 Å². The summed E-state index contributed by atoms with van der Waals surface area (Å²) in [5, 5.41) is 0. The maximum Gasteiger partial charge on any atom is 0.119 e. The lowest BCUT2D eigenvalue weighted by Gasteiger charge is -2.35. The zero-order valence-electron chi connectivity index (χ0n) is 11.4. The Balaban J connectivity index is 1.94. The largest absolute Gasteiger partial charge is 0.494 e. The molecule has 0 spiro atoms. The SMILES string of the molecule is CCOc1cccc(CN2CCC(C)C(N)C2)c1. The molecule has 2 unspecified atom stereocenters. The Labute approximate surface area is 110 Å². The lowest BCUT2D eigenvalue weighted by molar-refractivity contribution is 0.162. The molecule has 0 aromatic heterocycles. The van der Waals surface area contributed by atoms with Gasteiger partial charge in [-0.1, -0.05) is 19.1 Å². The zero-order chi connectivity index (χ0) is 13.0. The van der Waals surface area contributed by atoms with E-state index in [2.05, 4.69) is 30.0 Å². The van der Waals surface area contributed by atoms with Crippen molar-refractivity contribution in [3.05, 3.63) is 29.8 Å². The van der Waals surface area contributed by atoms with Gasteiger partial charge in [0.05, 0.1) is 6.61 Å². The summed E-state index contributed by atoms with van der Waals surface area (Å²) in [4.78, 5) is 2.44. The molecule has 2 rings (SSSR count). The molecule has 0 radical (unpaired) electrons. The molecule has 1 aromatic carbocycles. The normalized spacial score (nSPS) is 25.1. The summed E-state index contributed by atoms with van der Waals surface area (Å²) in [5.74, 6) is 1.61. The molecule has 2 atom stereocenters. The third-order valence-electron chi connectivity index (χ3n) is 3.72. The first-order chi connectivity index (χ1) is 8.69. The Morgan fingerprint density at radius 3 is 3.00 bits per heavy atom. The molecule has 3 heteroatoms. The van der Waals surface area contributed by atoms with Crippen LogP contribution in [0.4, 0.5) is 0 Å². The van der Waals surface area contributed by atoms with E-state index >= 15 is 0 Å². The number of rotatable bonds is 4. The highest BCUT2D eigenvalue weighted by atomic mass is 16.5. The molecule has 1 heterocycles. The fraction of sp³-hybridized carbons (Fsp3) is 0.600. The van der Waals surface area contributed by atoms with Crippen molar-refractivity contribution in [2.75, 3.05) is 19.7 Å². The average molecular weight is 248 g/mol. The lowest BCUT2D eigenvalue weighted by Crippen LogP contribution is -2.47. The molecule has 18 heavy (non-hydrogen) atoms. The number of benzene rings is 1. The number of hydrogen-bond donors (Lipinski definition) is 1. The van der Waals surface area contributed by atoms with E-state index in [4.69, 9.17) is 10.5 Å². The summed E-state index contributed by atoms with van der Waals surface area (Å²) in [5.41, 5.74) is 7.44. The van der Waals surface area contributed by atoms with Gasteiger partial charge in [-0.3, -0.25) is 4.90 Å². The third-order valence-corrected chi connectivity index (χ3v) is 3.72. The van der Waals surface area contributed by atoms with E-state index in [1.807, 2.05) is 13.0 Å². The summed E-state index contributed by atoms with van der Waals surface area (Å²) >= 11 is 0. The second-order valence-corrected chi connectivity index (χ2v) is 5.25. The van der Waals surface area contributed by atoms with Gasteiger partial charge in [0, 0.05) is 19.1 Å². The van der Waals surface area contributed by atoms with Gasteiger partial charge in [0.15, 0.2) is 0 Å². The van der Waals surface area contributed by atoms with Crippen molar-refractivity contribution < 1.29 is 4.74 Å². The molecule has 3 nitrogen and oxygen atoms in total. The minimum Gasteiger partial charge on any atom is -0.494 e. The molecule has 1 aliphatic rings. The smallest absolute Gasteiger partial charge is 0.119 e. The van der Waals surface area contributed by atoms with Crippen LogP contribution in [-0.4, -0.2) is 30.6 Å². The molecule has 1 aliphatic heterocycles. The highest BCUT2D eigenvalue weighted by Crippen LogP contribution is 2.19. The Morgan fingerprint density at radius 2 is 2.28 bits per heavy atom. The first kappa shape index (κ1) is 13.4. The molecule has 1 fully saturated rings. The number of piperidine rings is 1. The number of nitrogens with two attached hydrogens (primary N) is 1. The topological polar surface area (TPSA) is 38.5 Å². The van der Waals surface area contributed by atoms with Gasteiger partial charge in [-0.25, -0.2) is 0 Å². The maximum absolute atomic E-state index is 6.13. The van der Waals surface area contributed by atoms with Crippen LogP contribution in [0.1, 0.15) is 25.8 Å². The molecule has 0 saturated carbocycles. The standard InChI is InChI=1S/C15H24N2O/c1-3-18-14-6-4-5-13(9-14)10-17-8-7-12(2)15(16)11-17/h4-6,9,12,15H,3,7-8,10-11,16H2,1-2H3. The molecular formula is C15H24N2O. The van der Waals surface area contributed by atoms with Crippen LogP contribution < -0.4 is 10.5 Å². The van der Waals surface area contributed by atoms with Crippen molar-refractivity contribution in [3.8, 4) is 5.75 Å². The van der Waals surface area contributed by atoms with Crippen LogP contribution in [-0.2, 0) is 6.54 Å². The van der Waals surface area contributed by atoms with Crippen LogP contribution in [0.2, 0.25) is 0 Å². The third kappa shape index (κ3) is 3.47.